The zero-order valence-corrected chi connectivity index (χ0v) is 17.2. The normalized spacial score (nSPS) is 35.0. The van der Waals surface area contributed by atoms with Crippen LogP contribution in [0.15, 0.2) is 29.8 Å². The van der Waals surface area contributed by atoms with Gasteiger partial charge in [-0.1, -0.05) is 22.0 Å². The van der Waals surface area contributed by atoms with Crippen LogP contribution in [0.2, 0.25) is 0 Å². The third-order valence-electron chi connectivity index (χ3n) is 6.52. The first kappa shape index (κ1) is 17.0. The molecule has 4 aliphatic rings. The van der Waals surface area contributed by atoms with Gasteiger partial charge in [-0.25, -0.2) is 4.68 Å². The molecule has 4 bridgehead atoms. The minimum Gasteiger partial charge on any atom is -0.311 e. The highest BCUT2D eigenvalue weighted by atomic mass is 79.9. The number of carbonyl (C=O) groups excluding carboxylic acids is 1. The summed E-state index contributed by atoms with van der Waals surface area (Å²) < 4.78 is 2.19. The predicted octanol–water partition coefficient (Wildman–Crippen LogP) is 5.06. The molecule has 1 N–H and O–H groups in total. The molecule has 2 aromatic rings. The highest BCUT2D eigenvalue weighted by Crippen LogP contribution is 2.65. The van der Waals surface area contributed by atoms with Gasteiger partial charge in [-0.2, -0.15) is 5.10 Å². The quantitative estimate of drug-likeness (QED) is 0.669. The van der Waals surface area contributed by atoms with Gasteiger partial charge in [-0.3, -0.25) is 4.79 Å². The minimum absolute atomic E-state index is 0.149. The van der Waals surface area contributed by atoms with Crippen LogP contribution in [-0.4, -0.2) is 20.0 Å². The monoisotopic (exact) mass is 433 g/mol. The van der Waals surface area contributed by atoms with E-state index in [9.17, 15) is 4.79 Å². The van der Waals surface area contributed by atoms with Crippen LogP contribution in [0.3, 0.4) is 0 Å². The Labute approximate surface area is 166 Å². The molecule has 4 aliphatic carbocycles. The van der Waals surface area contributed by atoms with E-state index < -0.39 is 0 Å². The Kier molecular flexibility index (Phi) is 4.05. The molecule has 4 fully saturated rings. The zero-order chi connectivity index (χ0) is 17.8. The molecule has 0 aliphatic heterocycles. The molecule has 0 saturated heterocycles. The molecule has 0 radical (unpaired) electrons. The van der Waals surface area contributed by atoms with Crippen molar-refractivity contribution in [3.8, 4) is 0 Å². The van der Waals surface area contributed by atoms with Gasteiger partial charge >= 0.3 is 0 Å². The topological polar surface area (TPSA) is 46.9 Å². The molecule has 138 valence electrons. The summed E-state index contributed by atoms with van der Waals surface area (Å²) >= 11 is 5.76. The number of anilines is 1. The summed E-state index contributed by atoms with van der Waals surface area (Å²) in [6.07, 6.45) is 10.0. The van der Waals surface area contributed by atoms with Gasteiger partial charge in [0, 0.05) is 21.7 Å². The fraction of sp³-hybridized carbons (Fsp3) is 0.600. The van der Waals surface area contributed by atoms with Crippen LogP contribution in [0.4, 0.5) is 5.82 Å². The second-order valence-corrected chi connectivity index (χ2v) is 11.5. The Bertz CT molecular complexity index is 801. The van der Waals surface area contributed by atoms with Gasteiger partial charge in [0.2, 0.25) is 5.91 Å². The van der Waals surface area contributed by atoms with Crippen molar-refractivity contribution in [2.45, 2.75) is 55.8 Å². The molecule has 0 spiro atoms. The number of thiophene rings is 1. The third kappa shape index (κ3) is 3.15. The van der Waals surface area contributed by atoms with E-state index in [1.165, 1.54) is 37.0 Å². The van der Waals surface area contributed by atoms with Crippen molar-refractivity contribution in [2.75, 3.05) is 5.32 Å². The number of hydrogen-bond donors (Lipinski definition) is 1. The molecule has 2 heterocycles. The number of hydrogen-bond acceptors (Lipinski definition) is 3. The van der Waals surface area contributed by atoms with Crippen LogP contribution in [0, 0.1) is 17.3 Å². The van der Waals surface area contributed by atoms with Gasteiger partial charge < -0.3 is 5.32 Å². The lowest BCUT2D eigenvalue weighted by atomic mass is 9.48. The Morgan fingerprint density at radius 1 is 1.31 bits per heavy atom. The first-order valence-corrected chi connectivity index (χ1v) is 11.2. The van der Waals surface area contributed by atoms with E-state index in [2.05, 4.69) is 37.8 Å². The number of alkyl halides is 1. The average molecular weight is 434 g/mol. The number of halogens is 1. The van der Waals surface area contributed by atoms with Gasteiger partial charge in [0.1, 0.15) is 5.82 Å². The first-order valence-electron chi connectivity index (χ1n) is 9.54. The fourth-order valence-electron chi connectivity index (χ4n) is 6.19. The van der Waals surface area contributed by atoms with E-state index in [1.54, 1.807) is 17.5 Å². The summed E-state index contributed by atoms with van der Waals surface area (Å²) in [5.41, 5.74) is 0.205. The van der Waals surface area contributed by atoms with Gasteiger partial charge in [-0.05, 0) is 67.2 Å². The standard InChI is InChI=1S/C20H24BrN3OS/c21-20-9-14-6-15(10-20)8-19(7-14,13-20)11-18(25)23-17-3-4-22-24(17)12-16-2-1-5-26-16/h1-5,14-15H,6-13H2,(H,23,25). The van der Waals surface area contributed by atoms with Crippen molar-refractivity contribution in [1.82, 2.24) is 9.78 Å². The fourth-order valence-corrected chi connectivity index (χ4v) is 8.38. The largest absolute Gasteiger partial charge is 0.311 e. The Balaban J connectivity index is 1.28. The summed E-state index contributed by atoms with van der Waals surface area (Å²) in [6, 6.07) is 6.05. The van der Waals surface area contributed by atoms with E-state index in [0.29, 0.717) is 17.3 Å². The lowest BCUT2D eigenvalue weighted by Gasteiger charge is -2.60. The van der Waals surface area contributed by atoms with Crippen molar-refractivity contribution < 1.29 is 4.79 Å². The number of rotatable bonds is 5. The summed E-state index contributed by atoms with van der Waals surface area (Å²) in [7, 11) is 0. The number of aromatic nitrogens is 2. The second kappa shape index (κ2) is 6.20. The molecule has 2 unspecified atom stereocenters. The van der Waals surface area contributed by atoms with Gasteiger partial charge in [0.05, 0.1) is 12.7 Å². The molecular weight excluding hydrogens is 410 g/mol. The van der Waals surface area contributed by atoms with Crippen molar-refractivity contribution in [3.63, 3.8) is 0 Å². The van der Waals surface area contributed by atoms with Crippen LogP contribution in [0.25, 0.3) is 0 Å². The van der Waals surface area contributed by atoms with Crippen LogP contribution in [0.1, 0.15) is 49.8 Å². The maximum absolute atomic E-state index is 12.9. The van der Waals surface area contributed by atoms with Gasteiger partial charge in [-0.15, -0.1) is 11.3 Å². The molecular formula is C20H24BrN3OS. The smallest absolute Gasteiger partial charge is 0.226 e. The molecule has 4 nitrogen and oxygen atoms in total. The Morgan fingerprint density at radius 3 is 2.81 bits per heavy atom. The van der Waals surface area contributed by atoms with E-state index in [0.717, 1.165) is 24.1 Å². The van der Waals surface area contributed by atoms with E-state index in [1.807, 2.05) is 16.8 Å². The number of amides is 1. The van der Waals surface area contributed by atoms with Crippen molar-refractivity contribution in [2.24, 2.45) is 17.3 Å². The van der Waals surface area contributed by atoms with Crippen LogP contribution < -0.4 is 5.32 Å². The number of nitrogens with one attached hydrogen (secondary N) is 1. The van der Waals surface area contributed by atoms with Crippen molar-refractivity contribution in [3.05, 3.63) is 34.7 Å². The van der Waals surface area contributed by atoms with E-state index in [-0.39, 0.29) is 11.3 Å². The van der Waals surface area contributed by atoms with Crippen molar-refractivity contribution >= 4 is 39.0 Å². The Morgan fingerprint density at radius 2 is 2.12 bits per heavy atom. The number of nitrogens with zero attached hydrogens (tertiary/aromatic N) is 2. The molecule has 0 aromatic carbocycles. The van der Waals surface area contributed by atoms with Crippen LogP contribution in [0.5, 0.6) is 0 Å². The molecule has 6 rings (SSSR count). The molecule has 2 atom stereocenters. The summed E-state index contributed by atoms with van der Waals surface area (Å²) in [5, 5.41) is 9.59. The average Bonchev–Trinajstić information content (AvgIpc) is 3.17. The van der Waals surface area contributed by atoms with Gasteiger partial charge in [0.25, 0.3) is 0 Å². The molecule has 4 saturated carbocycles. The van der Waals surface area contributed by atoms with E-state index in [4.69, 9.17) is 0 Å². The lowest BCUT2D eigenvalue weighted by Crippen LogP contribution is -2.53. The Hall–Kier alpha value is -1.14. The highest BCUT2D eigenvalue weighted by molar-refractivity contribution is 9.10. The zero-order valence-electron chi connectivity index (χ0n) is 14.8. The van der Waals surface area contributed by atoms with Gasteiger partial charge in [0.15, 0.2) is 0 Å². The summed E-state index contributed by atoms with van der Waals surface area (Å²) in [4.78, 5) is 14.1. The van der Waals surface area contributed by atoms with E-state index >= 15 is 0 Å². The molecule has 2 aromatic heterocycles. The predicted molar refractivity (Wildman–Crippen MR) is 108 cm³/mol. The van der Waals surface area contributed by atoms with Crippen molar-refractivity contribution in [1.29, 1.82) is 0 Å². The van der Waals surface area contributed by atoms with Crippen LogP contribution in [-0.2, 0) is 11.3 Å². The molecule has 26 heavy (non-hydrogen) atoms. The molecule has 1 amide bonds. The molecule has 6 heteroatoms. The summed E-state index contributed by atoms with van der Waals surface area (Å²) in [6.45, 7) is 0.708. The summed E-state index contributed by atoms with van der Waals surface area (Å²) in [5.74, 6) is 2.58. The van der Waals surface area contributed by atoms with Crippen LogP contribution >= 0.6 is 27.3 Å². The minimum atomic E-state index is 0.149. The lowest BCUT2D eigenvalue weighted by molar-refractivity contribution is -0.123. The first-order chi connectivity index (χ1) is 12.5. The maximum atomic E-state index is 12.9. The SMILES string of the molecule is O=C(CC12CC3CC(CC(Br)(C3)C1)C2)Nc1ccnn1Cc1cccs1. The third-order valence-corrected chi connectivity index (χ3v) is 8.31. The second-order valence-electron chi connectivity index (χ2n) is 8.79. The maximum Gasteiger partial charge on any atom is 0.226 e. The number of carbonyl (C=O) groups is 1. The highest BCUT2D eigenvalue weighted by Gasteiger charge is 2.57.